The summed E-state index contributed by atoms with van der Waals surface area (Å²) in [6.45, 7) is 8.47. The molecule has 1 rings (SSSR count). The normalized spacial score (nSPS) is 10.5. The fourth-order valence-electron chi connectivity index (χ4n) is 2.68. The minimum atomic E-state index is -0.383. The average molecular weight is 346 g/mol. The first-order valence-electron chi connectivity index (χ1n) is 9.85. The van der Waals surface area contributed by atoms with Gasteiger partial charge in [0.15, 0.2) is 0 Å². The summed E-state index contributed by atoms with van der Waals surface area (Å²) in [5, 5.41) is 3.42. The first kappa shape index (κ1) is 21.3. The predicted octanol–water partition coefficient (Wildman–Crippen LogP) is 6.50. The summed E-state index contributed by atoms with van der Waals surface area (Å²) in [4.78, 5) is 11.4. The molecule has 0 aliphatic heterocycles. The van der Waals surface area contributed by atoms with Gasteiger partial charge in [-0.1, -0.05) is 71.3 Å². The fourth-order valence-corrected chi connectivity index (χ4v) is 2.68. The van der Waals surface area contributed by atoms with Gasteiger partial charge >= 0.3 is 5.97 Å². The summed E-state index contributed by atoms with van der Waals surface area (Å²) in [5.74, 6) is 0.170. The molecular weight excluding hydrogens is 310 g/mol. The predicted molar refractivity (Wildman–Crippen MR) is 107 cm³/mol. The number of rotatable bonds is 14. The van der Waals surface area contributed by atoms with Crippen LogP contribution in [-0.4, -0.2) is 12.5 Å². The second-order valence-corrected chi connectivity index (χ2v) is 6.80. The standard InChI is InChI=1S/C22H35NO2/c1-4-5-6-7-8-9-10-11-12-13-18-23-20-14-16-21(17-15-20)25-22(24)19(2)3/h14-17,23H,2,4-13,18H2,1,3H3. The van der Waals surface area contributed by atoms with Crippen molar-refractivity contribution in [1.29, 1.82) is 0 Å². The number of unbranched alkanes of at least 4 members (excludes halogenated alkanes) is 9. The summed E-state index contributed by atoms with van der Waals surface area (Å²) in [7, 11) is 0. The van der Waals surface area contributed by atoms with E-state index in [4.69, 9.17) is 4.74 Å². The monoisotopic (exact) mass is 345 g/mol. The molecule has 0 saturated carbocycles. The van der Waals surface area contributed by atoms with Crippen molar-refractivity contribution in [3.05, 3.63) is 36.4 Å². The molecule has 0 aliphatic rings. The van der Waals surface area contributed by atoms with Crippen LogP contribution in [0.3, 0.4) is 0 Å². The highest BCUT2D eigenvalue weighted by Gasteiger charge is 2.04. The molecule has 0 radical (unpaired) electrons. The zero-order valence-electron chi connectivity index (χ0n) is 16.1. The van der Waals surface area contributed by atoms with E-state index in [2.05, 4.69) is 18.8 Å². The molecule has 0 bridgehead atoms. The van der Waals surface area contributed by atoms with Crippen molar-refractivity contribution in [2.75, 3.05) is 11.9 Å². The van der Waals surface area contributed by atoms with Gasteiger partial charge in [-0.2, -0.15) is 0 Å². The summed E-state index contributed by atoms with van der Waals surface area (Å²) in [6.07, 6.45) is 13.5. The molecule has 3 nitrogen and oxygen atoms in total. The molecule has 0 aliphatic carbocycles. The lowest BCUT2D eigenvalue weighted by molar-refractivity contribution is -0.130. The highest BCUT2D eigenvalue weighted by Crippen LogP contribution is 2.17. The Hall–Kier alpha value is -1.77. The summed E-state index contributed by atoms with van der Waals surface area (Å²) in [5.41, 5.74) is 1.47. The van der Waals surface area contributed by atoms with Gasteiger partial charge in [0.05, 0.1) is 0 Å². The fraction of sp³-hybridized carbons (Fsp3) is 0.591. The Labute approximate surface area is 153 Å². The van der Waals surface area contributed by atoms with E-state index < -0.39 is 0 Å². The molecule has 0 aromatic heterocycles. The Balaban J connectivity index is 2.03. The second kappa shape index (κ2) is 13.5. The minimum Gasteiger partial charge on any atom is -0.423 e. The van der Waals surface area contributed by atoms with E-state index in [1.807, 2.05) is 24.3 Å². The number of esters is 1. The second-order valence-electron chi connectivity index (χ2n) is 6.80. The lowest BCUT2D eigenvalue weighted by Crippen LogP contribution is -2.08. The maximum atomic E-state index is 11.4. The molecule has 0 fully saturated rings. The van der Waals surface area contributed by atoms with E-state index in [9.17, 15) is 4.79 Å². The minimum absolute atomic E-state index is 0.383. The number of benzene rings is 1. The molecule has 0 saturated heterocycles. The van der Waals surface area contributed by atoms with E-state index in [0.717, 1.165) is 12.2 Å². The third kappa shape index (κ3) is 10.6. The Bertz CT molecular complexity index is 493. The van der Waals surface area contributed by atoms with Crippen LogP contribution in [0.2, 0.25) is 0 Å². The van der Waals surface area contributed by atoms with Crippen LogP contribution in [-0.2, 0) is 4.79 Å². The number of hydrogen-bond acceptors (Lipinski definition) is 3. The highest BCUT2D eigenvalue weighted by molar-refractivity contribution is 5.88. The lowest BCUT2D eigenvalue weighted by Gasteiger charge is -2.08. The van der Waals surface area contributed by atoms with Gasteiger partial charge in [-0.15, -0.1) is 0 Å². The van der Waals surface area contributed by atoms with Crippen molar-refractivity contribution in [1.82, 2.24) is 0 Å². The zero-order chi connectivity index (χ0) is 18.3. The zero-order valence-corrected chi connectivity index (χ0v) is 16.1. The topological polar surface area (TPSA) is 38.3 Å². The third-order valence-electron chi connectivity index (χ3n) is 4.27. The van der Waals surface area contributed by atoms with Gasteiger partial charge in [0.1, 0.15) is 5.75 Å². The van der Waals surface area contributed by atoms with Crippen LogP contribution >= 0.6 is 0 Å². The average Bonchev–Trinajstić information content (AvgIpc) is 2.61. The first-order valence-corrected chi connectivity index (χ1v) is 9.85. The van der Waals surface area contributed by atoms with E-state index in [1.54, 1.807) is 6.92 Å². The van der Waals surface area contributed by atoms with Gasteiger partial charge in [0, 0.05) is 17.8 Å². The molecule has 0 heterocycles. The van der Waals surface area contributed by atoms with Crippen molar-refractivity contribution < 1.29 is 9.53 Å². The van der Waals surface area contributed by atoms with Crippen molar-refractivity contribution >= 4 is 11.7 Å². The molecule has 0 unspecified atom stereocenters. The molecule has 140 valence electrons. The summed E-state index contributed by atoms with van der Waals surface area (Å²) in [6, 6.07) is 7.50. The van der Waals surface area contributed by atoms with Crippen LogP contribution in [0, 0.1) is 0 Å². The van der Waals surface area contributed by atoms with E-state index >= 15 is 0 Å². The maximum absolute atomic E-state index is 11.4. The SMILES string of the molecule is C=C(C)C(=O)Oc1ccc(NCCCCCCCCCCCC)cc1. The van der Waals surface area contributed by atoms with E-state index in [1.165, 1.54) is 64.2 Å². The summed E-state index contributed by atoms with van der Waals surface area (Å²) >= 11 is 0. The molecule has 0 spiro atoms. The molecular formula is C22H35NO2. The molecule has 1 aromatic carbocycles. The van der Waals surface area contributed by atoms with Gasteiger partial charge in [-0.25, -0.2) is 4.79 Å². The molecule has 0 atom stereocenters. The first-order chi connectivity index (χ1) is 12.1. The quantitative estimate of drug-likeness (QED) is 0.181. The number of anilines is 1. The number of nitrogens with one attached hydrogen (secondary N) is 1. The number of carbonyl (C=O) groups excluding carboxylic acids is 1. The number of ether oxygens (including phenoxy) is 1. The van der Waals surface area contributed by atoms with Crippen LogP contribution in [0.1, 0.15) is 78.1 Å². The van der Waals surface area contributed by atoms with Crippen molar-refractivity contribution in [3.8, 4) is 5.75 Å². The third-order valence-corrected chi connectivity index (χ3v) is 4.27. The largest absolute Gasteiger partial charge is 0.423 e. The van der Waals surface area contributed by atoms with Crippen LogP contribution in [0.4, 0.5) is 5.69 Å². The highest BCUT2D eigenvalue weighted by atomic mass is 16.5. The Morgan fingerprint density at radius 1 is 0.920 bits per heavy atom. The Morgan fingerprint density at radius 3 is 1.96 bits per heavy atom. The molecule has 3 heteroatoms. The molecule has 1 N–H and O–H groups in total. The molecule has 0 amide bonds. The number of hydrogen-bond donors (Lipinski definition) is 1. The summed E-state index contributed by atoms with van der Waals surface area (Å²) < 4.78 is 5.18. The molecule has 1 aromatic rings. The van der Waals surface area contributed by atoms with Gasteiger partial charge in [-0.3, -0.25) is 0 Å². The van der Waals surface area contributed by atoms with Crippen LogP contribution < -0.4 is 10.1 Å². The van der Waals surface area contributed by atoms with Crippen LogP contribution in [0.15, 0.2) is 36.4 Å². The van der Waals surface area contributed by atoms with Crippen LogP contribution in [0.25, 0.3) is 0 Å². The van der Waals surface area contributed by atoms with Crippen molar-refractivity contribution in [2.24, 2.45) is 0 Å². The van der Waals surface area contributed by atoms with Gasteiger partial charge in [0.2, 0.25) is 0 Å². The van der Waals surface area contributed by atoms with E-state index in [-0.39, 0.29) is 5.97 Å². The van der Waals surface area contributed by atoms with Crippen LogP contribution in [0.5, 0.6) is 5.75 Å². The molecule has 25 heavy (non-hydrogen) atoms. The Kier molecular flexibility index (Phi) is 11.5. The van der Waals surface area contributed by atoms with E-state index in [0.29, 0.717) is 11.3 Å². The lowest BCUT2D eigenvalue weighted by atomic mass is 10.1. The smallest absolute Gasteiger partial charge is 0.338 e. The van der Waals surface area contributed by atoms with Gasteiger partial charge in [0.25, 0.3) is 0 Å². The van der Waals surface area contributed by atoms with Gasteiger partial charge < -0.3 is 10.1 Å². The number of carbonyl (C=O) groups is 1. The van der Waals surface area contributed by atoms with Gasteiger partial charge in [-0.05, 0) is 37.6 Å². The van der Waals surface area contributed by atoms with Crippen molar-refractivity contribution in [3.63, 3.8) is 0 Å². The maximum Gasteiger partial charge on any atom is 0.338 e. The van der Waals surface area contributed by atoms with Crippen molar-refractivity contribution in [2.45, 2.75) is 78.1 Å². The Morgan fingerprint density at radius 2 is 1.44 bits per heavy atom.